The second kappa shape index (κ2) is 6.37. The van der Waals surface area contributed by atoms with E-state index in [1.54, 1.807) is 6.92 Å². The lowest BCUT2D eigenvalue weighted by molar-refractivity contribution is 0.391. The third-order valence-corrected chi connectivity index (χ3v) is 4.42. The van der Waals surface area contributed by atoms with Crippen LogP contribution in [0.4, 0.5) is 0 Å². The predicted octanol–water partition coefficient (Wildman–Crippen LogP) is 3.04. The van der Waals surface area contributed by atoms with E-state index in [9.17, 15) is 4.79 Å². The largest absolute Gasteiger partial charge is 0.338 e. The van der Waals surface area contributed by atoms with Crippen molar-refractivity contribution in [2.24, 2.45) is 0 Å². The number of nitrogens with zero attached hydrogens (tertiary/aromatic N) is 3. The third-order valence-electron chi connectivity index (χ3n) is 3.56. The molecule has 118 valence electrons. The zero-order valence-electron chi connectivity index (χ0n) is 13.1. The second-order valence-electron chi connectivity index (χ2n) is 5.20. The van der Waals surface area contributed by atoms with Gasteiger partial charge in [-0.25, -0.2) is 4.98 Å². The summed E-state index contributed by atoms with van der Waals surface area (Å²) in [6.45, 7) is 5.57. The first-order valence-electron chi connectivity index (χ1n) is 7.13. The Morgan fingerprint density at radius 3 is 2.70 bits per heavy atom. The summed E-state index contributed by atoms with van der Waals surface area (Å²) in [4.78, 5) is 23.2. The number of benzene rings is 1. The molecule has 1 aromatic carbocycles. The quantitative estimate of drug-likeness (QED) is 0.585. The number of H-pyrrole nitrogens is 1. The molecule has 2 heterocycles. The summed E-state index contributed by atoms with van der Waals surface area (Å²) in [5.74, 6) is 1.51. The standard InChI is InChI=1S/C16H16N4O2S/c1-9-6-4-5-7-12(9)14-18-13(22-20-14)8-23-16-17-11(3)10(2)15(21)19-16/h4-7H,8H2,1-3H3,(H,17,19,21). The predicted molar refractivity (Wildman–Crippen MR) is 88.4 cm³/mol. The highest BCUT2D eigenvalue weighted by atomic mass is 32.2. The highest BCUT2D eigenvalue weighted by Gasteiger charge is 2.12. The van der Waals surface area contributed by atoms with Gasteiger partial charge in [0.25, 0.3) is 5.56 Å². The fourth-order valence-electron chi connectivity index (χ4n) is 2.06. The maximum Gasteiger partial charge on any atom is 0.254 e. The monoisotopic (exact) mass is 328 g/mol. The first-order valence-corrected chi connectivity index (χ1v) is 8.12. The van der Waals surface area contributed by atoms with E-state index in [0.29, 0.717) is 28.2 Å². The molecule has 0 atom stereocenters. The summed E-state index contributed by atoms with van der Waals surface area (Å²) < 4.78 is 5.28. The first kappa shape index (κ1) is 15.5. The Hall–Kier alpha value is -2.41. The van der Waals surface area contributed by atoms with Gasteiger partial charge in [-0.3, -0.25) is 4.79 Å². The molecule has 1 N–H and O–H groups in total. The zero-order chi connectivity index (χ0) is 16.4. The number of hydrogen-bond donors (Lipinski definition) is 1. The fraction of sp³-hybridized carbons (Fsp3) is 0.250. The van der Waals surface area contributed by atoms with Crippen LogP contribution in [0.3, 0.4) is 0 Å². The molecule has 0 radical (unpaired) electrons. The highest BCUT2D eigenvalue weighted by molar-refractivity contribution is 7.98. The molecule has 0 aliphatic heterocycles. The topological polar surface area (TPSA) is 84.7 Å². The summed E-state index contributed by atoms with van der Waals surface area (Å²) >= 11 is 1.36. The summed E-state index contributed by atoms with van der Waals surface area (Å²) in [6.07, 6.45) is 0. The van der Waals surface area contributed by atoms with E-state index in [0.717, 1.165) is 16.8 Å². The van der Waals surface area contributed by atoms with Crippen LogP contribution in [0.5, 0.6) is 0 Å². The molecule has 23 heavy (non-hydrogen) atoms. The Bertz CT molecular complexity index is 901. The van der Waals surface area contributed by atoms with E-state index in [1.807, 2.05) is 38.1 Å². The lowest BCUT2D eigenvalue weighted by Crippen LogP contribution is -2.14. The first-order chi connectivity index (χ1) is 11.0. The number of hydrogen-bond acceptors (Lipinski definition) is 6. The summed E-state index contributed by atoms with van der Waals surface area (Å²) in [5.41, 5.74) is 3.28. The zero-order valence-corrected chi connectivity index (χ0v) is 13.9. The molecule has 0 aliphatic carbocycles. The molecule has 3 rings (SSSR count). The number of aryl methyl sites for hydroxylation is 2. The van der Waals surface area contributed by atoms with E-state index in [4.69, 9.17) is 4.52 Å². The SMILES string of the molecule is Cc1ccccc1-c1noc(CSc2nc(C)c(C)c(=O)[nH]2)n1. The molecule has 6 nitrogen and oxygen atoms in total. The Morgan fingerprint density at radius 2 is 1.96 bits per heavy atom. The number of aromatic amines is 1. The molecule has 0 saturated carbocycles. The van der Waals surface area contributed by atoms with Gasteiger partial charge in [0.05, 0.1) is 5.75 Å². The maximum atomic E-state index is 11.7. The van der Waals surface area contributed by atoms with E-state index in [2.05, 4.69) is 20.1 Å². The molecule has 0 unspecified atom stereocenters. The average molecular weight is 328 g/mol. The summed E-state index contributed by atoms with van der Waals surface area (Å²) in [6, 6.07) is 7.87. The average Bonchev–Trinajstić information content (AvgIpc) is 2.99. The lowest BCUT2D eigenvalue weighted by atomic mass is 10.1. The van der Waals surface area contributed by atoms with Gasteiger partial charge in [0.2, 0.25) is 11.7 Å². The van der Waals surface area contributed by atoms with Gasteiger partial charge in [-0.15, -0.1) is 0 Å². The fourth-order valence-corrected chi connectivity index (χ4v) is 2.81. The van der Waals surface area contributed by atoms with Gasteiger partial charge in [-0.05, 0) is 26.3 Å². The molecule has 0 spiro atoms. The van der Waals surface area contributed by atoms with Crippen molar-refractivity contribution in [3.05, 3.63) is 57.3 Å². The maximum absolute atomic E-state index is 11.7. The number of thioether (sulfide) groups is 1. The van der Waals surface area contributed by atoms with Crippen LogP contribution in [0.25, 0.3) is 11.4 Å². The van der Waals surface area contributed by atoms with Crippen molar-refractivity contribution >= 4 is 11.8 Å². The highest BCUT2D eigenvalue weighted by Crippen LogP contribution is 2.23. The number of rotatable bonds is 4. The van der Waals surface area contributed by atoms with Crippen molar-refractivity contribution in [1.29, 1.82) is 0 Å². The Kier molecular flexibility index (Phi) is 4.29. The van der Waals surface area contributed by atoms with Crippen LogP contribution in [-0.2, 0) is 5.75 Å². The van der Waals surface area contributed by atoms with Crippen molar-refractivity contribution in [3.63, 3.8) is 0 Å². The van der Waals surface area contributed by atoms with Gasteiger partial charge in [0, 0.05) is 16.8 Å². The van der Waals surface area contributed by atoms with Gasteiger partial charge in [-0.2, -0.15) is 4.98 Å². The van der Waals surface area contributed by atoms with Crippen molar-refractivity contribution in [2.75, 3.05) is 0 Å². The lowest BCUT2D eigenvalue weighted by Gasteiger charge is -2.01. The minimum absolute atomic E-state index is 0.119. The van der Waals surface area contributed by atoms with Crippen LogP contribution < -0.4 is 5.56 Å². The molecule has 7 heteroatoms. The summed E-state index contributed by atoms with van der Waals surface area (Å²) in [7, 11) is 0. The minimum Gasteiger partial charge on any atom is -0.338 e. The smallest absolute Gasteiger partial charge is 0.254 e. The van der Waals surface area contributed by atoms with Crippen LogP contribution in [0, 0.1) is 20.8 Å². The van der Waals surface area contributed by atoms with Gasteiger partial charge in [-0.1, -0.05) is 41.2 Å². The van der Waals surface area contributed by atoms with E-state index in [-0.39, 0.29) is 5.56 Å². The van der Waals surface area contributed by atoms with Crippen molar-refractivity contribution < 1.29 is 4.52 Å². The number of nitrogens with one attached hydrogen (secondary N) is 1. The van der Waals surface area contributed by atoms with Gasteiger partial charge in [0.1, 0.15) is 0 Å². The van der Waals surface area contributed by atoms with Crippen LogP contribution >= 0.6 is 11.8 Å². The molecule has 0 bridgehead atoms. The molecule has 0 aliphatic rings. The van der Waals surface area contributed by atoms with Gasteiger partial charge in [0.15, 0.2) is 5.16 Å². The Morgan fingerprint density at radius 1 is 1.17 bits per heavy atom. The second-order valence-corrected chi connectivity index (χ2v) is 6.16. The molecule has 0 fully saturated rings. The third kappa shape index (κ3) is 3.34. The van der Waals surface area contributed by atoms with E-state index >= 15 is 0 Å². The molecule has 2 aromatic heterocycles. The van der Waals surface area contributed by atoms with Crippen LogP contribution in [-0.4, -0.2) is 20.1 Å². The van der Waals surface area contributed by atoms with Crippen molar-refractivity contribution in [1.82, 2.24) is 20.1 Å². The van der Waals surface area contributed by atoms with Gasteiger partial charge < -0.3 is 9.51 Å². The van der Waals surface area contributed by atoms with Crippen LogP contribution in [0.1, 0.15) is 22.7 Å². The van der Waals surface area contributed by atoms with Crippen molar-refractivity contribution in [3.8, 4) is 11.4 Å². The molecule has 3 aromatic rings. The molecule has 0 saturated heterocycles. The minimum atomic E-state index is -0.119. The molecule has 0 amide bonds. The molecular weight excluding hydrogens is 312 g/mol. The molecular formula is C16H16N4O2S. The Balaban J connectivity index is 1.75. The van der Waals surface area contributed by atoms with Crippen molar-refractivity contribution in [2.45, 2.75) is 31.7 Å². The summed E-state index contributed by atoms with van der Waals surface area (Å²) in [5, 5.41) is 4.57. The normalized spacial score (nSPS) is 10.9. The van der Waals surface area contributed by atoms with Crippen LogP contribution in [0.2, 0.25) is 0 Å². The van der Waals surface area contributed by atoms with Crippen LogP contribution in [0.15, 0.2) is 38.7 Å². The Labute approximate surface area is 137 Å². The van der Waals surface area contributed by atoms with Gasteiger partial charge >= 0.3 is 0 Å². The van der Waals surface area contributed by atoms with E-state index < -0.39 is 0 Å². The number of aromatic nitrogens is 4. The van der Waals surface area contributed by atoms with E-state index in [1.165, 1.54) is 11.8 Å².